The van der Waals surface area contributed by atoms with E-state index in [4.69, 9.17) is 9.84 Å². The third-order valence-corrected chi connectivity index (χ3v) is 3.92. The van der Waals surface area contributed by atoms with Crippen LogP contribution in [0.25, 0.3) is 0 Å². The Hall–Kier alpha value is -1.63. The molecule has 1 aliphatic heterocycles. The number of alkyl halides is 1. The molecule has 0 radical (unpaired) electrons. The van der Waals surface area contributed by atoms with Crippen molar-refractivity contribution in [3.63, 3.8) is 0 Å². The number of carboxylic acids is 1. The number of ether oxygens (including phenoxy) is 1. The van der Waals surface area contributed by atoms with E-state index in [9.17, 15) is 14.0 Å². The number of aliphatic carboxylic acids is 1. The molecule has 1 aromatic rings. The van der Waals surface area contributed by atoms with Crippen LogP contribution in [0, 0.1) is 0 Å². The van der Waals surface area contributed by atoms with E-state index in [2.05, 4.69) is 15.9 Å². The van der Waals surface area contributed by atoms with Gasteiger partial charge in [-0.2, -0.15) is 0 Å². The fraction of sp³-hybridized carbons (Fsp3) is 0.467. The summed E-state index contributed by atoms with van der Waals surface area (Å²) in [6, 6.07) is 4.95. The molecule has 120 valence electrons. The molecule has 0 spiro atoms. The van der Waals surface area contributed by atoms with Gasteiger partial charge in [0.05, 0.1) is 18.2 Å². The van der Waals surface area contributed by atoms with Gasteiger partial charge in [-0.1, -0.05) is 15.9 Å². The maximum absolute atomic E-state index is 14.1. The molecular formula is C15H17BrFNO4. The van der Waals surface area contributed by atoms with Gasteiger partial charge in [-0.05, 0) is 32.0 Å². The number of amides is 1. The molecule has 1 heterocycles. The molecule has 2 rings (SSSR count). The molecule has 22 heavy (non-hydrogen) atoms. The standard InChI is InChI=1S/C15H17BrFNO4/c1-9(2)22-12-7-10(16)3-4-11(12)13(19)18-6-5-15(17,8-18)14(20)21/h3-4,7,9H,5-6,8H2,1-2H3,(H,20,21). The second-order valence-corrected chi connectivity index (χ2v) is 6.47. The number of benzene rings is 1. The average molecular weight is 374 g/mol. The second kappa shape index (κ2) is 6.24. The third-order valence-electron chi connectivity index (χ3n) is 3.43. The molecule has 1 aliphatic rings. The number of halogens is 2. The zero-order valence-corrected chi connectivity index (χ0v) is 13.9. The van der Waals surface area contributed by atoms with Gasteiger partial charge in [-0.15, -0.1) is 0 Å². The van der Waals surface area contributed by atoms with Crippen molar-refractivity contribution in [2.45, 2.75) is 32.0 Å². The Morgan fingerprint density at radius 3 is 2.68 bits per heavy atom. The van der Waals surface area contributed by atoms with Crippen molar-refractivity contribution in [2.24, 2.45) is 0 Å². The monoisotopic (exact) mass is 373 g/mol. The normalized spacial score (nSPS) is 21.2. The van der Waals surface area contributed by atoms with Gasteiger partial charge in [0, 0.05) is 17.4 Å². The Kier molecular flexibility index (Phi) is 4.75. The van der Waals surface area contributed by atoms with Gasteiger partial charge in [0.15, 0.2) is 0 Å². The highest BCUT2D eigenvalue weighted by molar-refractivity contribution is 9.10. The quantitative estimate of drug-likeness (QED) is 0.880. The van der Waals surface area contributed by atoms with Crippen LogP contribution in [-0.4, -0.2) is 46.7 Å². The molecule has 1 aromatic carbocycles. The van der Waals surface area contributed by atoms with E-state index < -0.39 is 24.1 Å². The van der Waals surface area contributed by atoms with Crippen molar-refractivity contribution < 1.29 is 23.8 Å². The molecule has 1 saturated heterocycles. The highest BCUT2D eigenvalue weighted by Gasteiger charge is 2.47. The van der Waals surface area contributed by atoms with Crippen molar-refractivity contribution in [2.75, 3.05) is 13.1 Å². The zero-order valence-electron chi connectivity index (χ0n) is 12.3. The van der Waals surface area contributed by atoms with Crippen LogP contribution in [0.15, 0.2) is 22.7 Å². The first-order chi connectivity index (χ1) is 10.2. The molecule has 1 atom stereocenters. The predicted octanol–water partition coefficient (Wildman–Crippen LogP) is 2.88. The van der Waals surface area contributed by atoms with Crippen molar-refractivity contribution in [1.82, 2.24) is 4.90 Å². The van der Waals surface area contributed by atoms with Gasteiger partial charge in [0.1, 0.15) is 5.75 Å². The van der Waals surface area contributed by atoms with Crippen LogP contribution in [0.5, 0.6) is 5.75 Å². The van der Waals surface area contributed by atoms with Crippen LogP contribution < -0.4 is 4.74 Å². The van der Waals surface area contributed by atoms with Gasteiger partial charge >= 0.3 is 5.97 Å². The van der Waals surface area contributed by atoms with E-state index in [0.29, 0.717) is 11.3 Å². The van der Waals surface area contributed by atoms with Crippen LogP contribution in [-0.2, 0) is 4.79 Å². The first kappa shape index (κ1) is 16.7. The number of hydrogen-bond donors (Lipinski definition) is 1. The topological polar surface area (TPSA) is 66.8 Å². The van der Waals surface area contributed by atoms with E-state index >= 15 is 0 Å². The van der Waals surface area contributed by atoms with E-state index in [-0.39, 0.29) is 19.1 Å². The molecule has 0 aliphatic carbocycles. The van der Waals surface area contributed by atoms with Crippen molar-refractivity contribution in [3.05, 3.63) is 28.2 Å². The lowest BCUT2D eigenvalue weighted by Crippen LogP contribution is -2.39. The largest absolute Gasteiger partial charge is 0.490 e. The first-order valence-corrected chi connectivity index (χ1v) is 7.70. The van der Waals surface area contributed by atoms with E-state index in [1.807, 2.05) is 13.8 Å². The minimum atomic E-state index is -2.37. The second-order valence-electron chi connectivity index (χ2n) is 5.55. The molecule has 1 N–H and O–H groups in total. The van der Waals surface area contributed by atoms with Crippen molar-refractivity contribution >= 4 is 27.8 Å². The van der Waals surface area contributed by atoms with Gasteiger partial charge < -0.3 is 14.7 Å². The van der Waals surface area contributed by atoms with Gasteiger partial charge in [0.25, 0.3) is 5.91 Å². The Morgan fingerprint density at radius 1 is 1.45 bits per heavy atom. The predicted molar refractivity (Wildman–Crippen MR) is 81.9 cm³/mol. The Morgan fingerprint density at radius 2 is 2.14 bits per heavy atom. The lowest BCUT2D eigenvalue weighted by molar-refractivity contribution is -0.149. The zero-order chi connectivity index (χ0) is 16.5. The molecule has 1 fully saturated rings. The summed E-state index contributed by atoms with van der Waals surface area (Å²) in [6.45, 7) is 3.29. The summed E-state index contributed by atoms with van der Waals surface area (Å²) < 4.78 is 20.5. The molecule has 7 heteroatoms. The molecular weight excluding hydrogens is 357 g/mol. The SMILES string of the molecule is CC(C)Oc1cc(Br)ccc1C(=O)N1CCC(F)(C(=O)O)C1. The highest BCUT2D eigenvalue weighted by atomic mass is 79.9. The summed E-state index contributed by atoms with van der Waals surface area (Å²) in [5, 5.41) is 8.91. The molecule has 0 bridgehead atoms. The van der Waals surface area contributed by atoms with Crippen molar-refractivity contribution in [1.29, 1.82) is 0 Å². The summed E-state index contributed by atoms with van der Waals surface area (Å²) in [6.07, 6.45) is -0.330. The number of carboxylic acid groups (broad SMARTS) is 1. The molecule has 0 saturated carbocycles. The third kappa shape index (κ3) is 3.40. The van der Waals surface area contributed by atoms with E-state index in [0.717, 1.165) is 4.47 Å². The lowest BCUT2D eigenvalue weighted by atomic mass is 10.1. The fourth-order valence-corrected chi connectivity index (χ4v) is 2.66. The van der Waals surface area contributed by atoms with Crippen molar-refractivity contribution in [3.8, 4) is 5.75 Å². The molecule has 1 amide bonds. The van der Waals surface area contributed by atoms with Crippen LogP contribution >= 0.6 is 15.9 Å². The molecule has 0 aromatic heterocycles. The van der Waals surface area contributed by atoms with Gasteiger partial charge in [-0.3, -0.25) is 4.79 Å². The molecule has 1 unspecified atom stereocenters. The summed E-state index contributed by atoms with van der Waals surface area (Å²) in [5.74, 6) is -1.57. The van der Waals surface area contributed by atoms with Gasteiger partial charge in [0.2, 0.25) is 5.67 Å². The van der Waals surface area contributed by atoms with Crippen LogP contribution in [0.1, 0.15) is 30.6 Å². The van der Waals surface area contributed by atoms with E-state index in [1.165, 1.54) is 4.90 Å². The maximum atomic E-state index is 14.1. The number of carbonyl (C=O) groups is 2. The Bertz CT molecular complexity index is 607. The van der Waals surface area contributed by atoms with E-state index in [1.54, 1.807) is 18.2 Å². The summed E-state index contributed by atoms with van der Waals surface area (Å²) in [4.78, 5) is 24.7. The number of likely N-dealkylation sites (tertiary alicyclic amines) is 1. The average Bonchev–Trinajstić information content (AvgIpc) is 2.82. The van der Waals surface area contributed by atoms with Crippen LogP contribution in [0.3, 0.4) is 0 Å². The van der Waals surface area contributed by atoms with Crippen LogP contribution in [0.2, 0.25) is 0 Å². The highest BCUT2D eigenvalue weighted by Crippen LogP contribution is 2.31. The molecule has 5 nitrogen and oxygen atoms in total. The van der Waals surface area contributed by atoms with Crippen LogP contribution in [0.4, 0.5) is 4.39 Å². The number of hydrogen-bond acceptors (Lipinski definition) is 3. The lowest BCUT2D eigenvalue weighted by Gasteiger charge is -2.20. The summed E-state index contributed by atoms with van der Waals surface area (Å²) >= 11 is 3.31. The number of rotatable bonds is 4. The summed E-state index contributed by atoms with van der Waals surface area (Å²) in [7, 11) is 0. The maximum Gasteiger partial charge on any atom is 0.343 e. The minimum absolute atomic E-state index is 0.0683. The summed E-state index contributed by atoms with van der Waals surface area (Å²) in [5.41, 5.74) is -2.07. The minimum Gasteiger partial charge on any atom is -0.490 e. The smallest absolute Gasteiger partial charge is 0.343 e. The number of carbonyl (C=O) groups excluding carboxylic acids is 1. The Labute approximate surface area is 136 Å². The Balaban J connectivity index is 2.25. The fourth-order valence-electron chi connectivity index (χ4n) is 2.32. The van der Waals surface area contributed by atoms with Gasteiger partial charge in [-0.25, -0.2) is 9.18 Å². The number of nitrogens with zero attached hydrogens (tertiary/aromatic N) is 1. The first-order valence-electron chi connectivity index (χ1n) is 6.91.